The zero-order chi connectivity index (χ0) is 19.5. The Labute approximate surface area is 171 Å². The molecule has 0 N–H and O–H groups in total. The molecule has 5 heteroatoms. The first-order valence-electron chi connectivity index (χ1n) is 10.2. The van der Waals surface area contributed by atoms with Crippen LogP contribution in [0.25, 0.3) is 11.0 Å². The molecule has 28 heavy (non-hydrogen) atoms. The van der Waals surface area contributed by atoms with Crippen molar-refractivity contribution in [3.8, 4) is 0 Å². The van der Waals surface area contributed by atoms with Gasteiger partial charge in [-0.3, -0.25) is 4.79 Å². The zero-order valence-corrected chi connectivity index (χ0v) is 17.1. The first kappa shape index (κ1) is 19.0. The lowest BCUT2D eigenvalue weighted by molar-refractivity contribution is 0.0724. The Hall–Kier alpha value is -2.33. The van der Waals surface area contributed by atoms with Crippen LogP contribution < -0.4 is 0 Å². The lowest BCUT2D eigenvalue weighted by Gasteiger charge is -2.26. The molecular formula is C23H26ClN3O. The summed E-state index contributed by atoms with van der Waals surface area (Å²) in [5, 5.41) is 0.757. The van der Waals surface area contributed by atoms with Crippen LogP contribution >= 0.6 is 11.6 Å². The number of piperidine rings is 1. The predicted octanol–water partition coefficient (Wildman–Crippen LogP) is 5.32. The van der Waals surface area contributed by atoms with Gasteiger partial charge in [0.15, 0.2) is 0 Å². The molecule has 146 valence electrons. The molecule has 0 spiro atoms. The standard InChI is InChI=1S/C23H26ClN3O/c1-2-8-22-25-20-12-11-17(23(28)26-13-6-3-7-14-26)15-21(20)27(22)16-18-9-4-5-10-19(18)24/h4-5,9-12,15H,2-3,6-8,13-14,16H2,1H3. The fourth-order valence-electron chi connectivity index (χ4n) is 3.97. The molecule has 1 fully saturated rings. The SMILES string of the molecule is CCCc1nc2ccc(C(=O)N3CCCCC3)cc2n1Cc1ccccc1Cl. The topological polar surface area (TPSA) is 38.1 Å². The van der Waals surface area contributed by atoms with E-state index in [-0.39, 0.29) is 5.91 Å². The van der Waals surface area contributed by atoms with E-state index in [2.05, 4.69) is 11.5 Å². The number of hydrogen-bond donors (Lipinski definition) is 0. The number of imidazole rings is 1. The summed E-state index contributed by atoms with van der Waals surface area (Å²) in [6.07, 6.45) is 5.33. The molecule has 1 aromatic heterocycles. The van der Waals surface area contributed by atoms with Crippen molar-refractivity contribution >= 4 is 28.5 Å². The summed E-state index contributed by atoms with van der Waals surface area (Å²) in [5.41, 5.74) is 3.75. The third-order valence-electron chi connectivity index (χ3n) is 5.48. The molecule has 4 nitrogen and oxygen atoms in total. The molecule has 1 amide bonds. The van der Waals surface area contributed by atoms with Crippen molar-refractivity contribution in [1.82, 2.24) is 14.5 Å². The summed E-state index contributed by atoms with van der Waals surface area (Å²) in [5.74, 6) is 1.17. The molecule has 0 atom stereocenters. The summed E-state index contributed by atoms with van der Waals surface area (Å²) >= 11 is 6.41. The van der Waals surface area contributed by atoms with Crippen molar-refractivity contribution in [2.75, 3.05) is 13.1 Å². The summed E-state index contributed by atoms with van der Waals surface area (Å²) in [4.78, 5) is 19.8. The Morgan fingerprint density at radius 3 is 2.64 bits per heavy atom. The Kier molecular flexibility index (Phi) is 5.67. The normalized spacial score (nSPS) is 14.6. The minimum Gasteiger partial charge on any atom is -0.339 e. The van der Waals surface area contributed by atoms with Gasteiger partial charge >= 0.3 is 0 Å². The van der Waals surface area contributed by atoms with Crippen molar-refractivity contribution in [2.24, 2.45) is 0 Å². The van der Waals surface area contributed by atoms with Gasteiger partial charge in [-0.25, -0.2) is 4.98 Å². The fourth-order valence-corrected chi connectivity index (χ4v) is 4.17. The largest absolute Gasteiger partial charge is 0.339 e. The smallest absolute Gasteiger partial charge is 0.253 e. The number of benzene rings is 2. The molecule has 2 heterocycles. The number of amides is 1. The van der Waals surface area contributed by atoms with E-state index in [1.54, 1.807) is 0 Å². The number of likely N-dealkylation sites (tertiary alicyclic amines) is 1. The van der Waals surface area contributed by atoms with Crippen LogP contribution in [-0.4, -0.2) is 33.4 Å². The molecule has 1 aliphatic heterocycles. The highest BCUT2D eigenvalue weighted by molar-refractivity contribution is 6.31. The van der Waals surface area contributed by atoms with Crippen LogP contribution in [0, 0.1) is 0 Å². The summed E-state index contributed by atoms with van der Waals surface area (Å²) in [6, 6.07) is 13.8. The van der Waals surface area contributed by atoms with Crippen LogP contribution in [0.1, 0.15) is 54.4 Å². The molecular weight excluding hydrogens is 370 g/mol. The van der Waals surface area contributed by atoms with Crippen LogP contribution in [0.2, 0.25) is 5.02 Å². The van der Waals surface area contributed by atoms with Gasteiger partial charge in [0, 0.05) is 30.1 Å². The van der Waals surface area contributed by atoms with Gasteiger partial charge in [-0.15, -0.1) is 0 Å². The van der Waals surface area contributed by atoms with E-state index in [0.29, 0.717) is 6.54 Å². The van der Waals surface area contributed by atoms with Crippen molar-refractivity contribution in [2.45, 2.75) is 45.6 Å². The molecule has 0 bridgehead atoms. The van der Waals surface area contributed by atoms with Gasteiger partial charge in [-0.1, -0.05) is 36.7 Å². The maximum absolute atomic E-state index is 13.0. The number of nitrogens with zero attached hydrogens (tertiary/aromatic N) is 3. The van der Waals surface area contributed by atoms with Crippen LogP contribution in [0.5, 0.6) is 0 Å². The molecule has 0 aliphatic carbocycles. The first-order valence-corrected chi connectivity index (χ1v) is 10.6. The number of halogens is 1. The molecule has 0 radical (unpaired) electrons. The van der Waals surface area contributed by atoms with Crippen LogP contribution in [-0.2, 0) is 13.0 Å². The predicted molar refractivity (Wildman–Crippen MR) is 114 cm³/mol. The highest BCUT2D eigenvalue weighted by Crippen LogP contribution is 2.24. The third kappa shape index (κ3) is 3.79. The van der Waals surface area contributed by atoms with Gasteiger partial charge < -0.3 is 9.47 Å². The number of carbonyl (C=O) groups excluding carboxylic acids is 1. The van der Waals surface area contributed by atoms with Crippen LogP contribution in [0.3, 0.4) is 0 Å². The number of aromatic nitrogens is 2. The van der Waals surface area contributed by atoms with Crippen LogP contribution in [0.15, 0.2) is 42.5 Å². The molecule has 2 aromatic carbocycles. The molecule has 0 saturated carbocycles. The van der Waals surface area contributed by atoms with Gasteiger partial charge in [-0.05, 0) is 55.5 Å². The third-order valence-corrected chi connectivity index (χ3v) is 5.85. The number of aryl methyl sites for hydroxylation is 1. The van der Waals surface area contributed by atoms with E-state index in [4.69, 9.17) is 16.6 Å². The molecule has 3 aromatic rings. The van der Waals surface area contributed by atoms with E-state index < -0.39 is 0 Å². The Balaban J connectivity index is 1.74. The van der Waals surface area contributed by atoms with E-state index in [9.17, 15) is 4.79 Å². The van der Waals surface area contributed by atoms with Gasteiger partial charge in [0.25, 0.3) is 5.91 Å². The first-order chi connectivity index (χ1) is 13.7. The average Bonchev–Trinajstić information content (AvgIpc) is 3.06. The minimum atomic E-state index is 0.129. The van der Waals surface area contributed by atoms with Gasteiger partial charge in [0.05, 0.1) is 17.6 Å². The molecule has 4 rings (SSSR count). The van der Waals surface area contributed by atoms with E-state index in [1.807, 2.05) is 47.4 Å². The van der Waals surface area contributed by atoms with Crippen molar-refractivity contribution in [3.63, 3.8) is 0 Å². The van der Waals surface area contributed by atoms with Crippen LogP contribution in [0.4, 0.5) is 0 Å². The summed E-state index contributed by atoms with van der Waals surface area (Å²) in [7, 11) is 0. The van der Waals surface area contributed by atoms with Gasteiger partial charge in [0.1, 0.15) is 5.82 Å². The molecule has 0 unspecified atom stereocenters. The van der Waals surface area contributed by atoms with E-state index in [1.165, 1.54) is 6.42 Å². The lowest BCUT2D eigenvalue weighted by Crippen LogP contribution is -2.35. The number of hydrogen-bond acceptors (Lipinski definition) is 2. The Bertz CT molecular complexity index is 989. The van der Waals surface area contributed by atoms with Crippen molar-refractivity contribution < 1.29 is 4.79 Å². The summed E-state index contributed by atoms with van der Waals surface area (Å²) < 4.78 is 2.22. The van der Waals surface area contributed by atoms with E-state index in [0.717, 1.165) is 71.8 Å². The van der Waals surface area contributed by atoms with Gasteiger partial charge in [-0.2, -0.15) is 0 Å². The number of rotatable bonds is 5. The van der Waals surface area contributed by atoms with E-state index >= 15 is 0 Å². The monoisotopic (exact) mass is 395 g/mol. The zero-order valence-electron chi connectivity index (χ0n) is 16.3. The second-order valence-electron chi connectivity index (χ2n) is 7.51. The fraction of sp³-hybridized carbons (Fsp3) is 0.391. The Morgan fingerprint density at radius 1 is 1.11 bits per heavy atom. The quantitative estimate of drug-likeness (QED) is 0.586. The second-order valence-corrected chi connectivity index (χ2v) is 7.92. The Morgan fingerprint density at radius 2 is 1.89 bits per heavy atom. The average molecular weight is 396 g/mol. The molecule has 1 saturated heterocycles. The maximum atomic E-state index is 13.0. The highest BCUT2D eigenvalue weighted by Gasteiger charge is 2.20. The number of fused-ring (bicyclic) bond motifs is 1. The summed E-state index contributed by atoms with van der Waals surface area (Å²) in [6.45, 7) is 4.53. The maximum Gasteiger partial charge on any atom is 0.253 e. The van der Waals surface area contributed by atoms with Crippen molar-refractivity contribution in [1.29, 1.82) is 0 Å². The highest BCUT2D eigenvalue weighted by atomic mass is 35.5. The molecule has 1 aliphatic rings. The lowest BCUT2D eigenvalue weighted by atomic mass is 10.1. The van der Waals surface area contributed by atoms with Crippen molar-refractivity contribution in [3.05, 3.63) is 64.4 Å². The van der Waals surface area contributed by atoms with Gasteiger partial charge in [0.2, 0.25) is 0 Å². The second kappa shape index (κ2) is 8.36. The minimum absolute atomic E-state index is 0.129. The number of carbonyl (C=O) groups is 1.